The molecule has 0 heterocycles. The van der Waals surface area contributed by atoms with Gasteiger partial charge in [0.25, 0.3) is 0 Å². The Kier molecular flexibility index (Phi) is 4.88. The van der Waals surface area contributed by atoms with E-state index in [0.29, 0.717) is 12.1 Å². The van der Waals surface area contributed by atoms with Gasteiger partial charge in [-0.2, -0.15) is 0 Å². The highest BCUT2D eigenvalue weighted by Crippen LogP contribution is 2.27. The smallest absolute Gasteiger partial charge is 0.163 e. The van der Waals surface area contributed by atoms with Gasteiger partial charge in [-0.15, -0.1) is 0 Å². The predicted octanol–water partition coefficient (Wildman–Crippen LogP) is 2.96. The standard InChI is InChI=1S/C15H22F2N2/c1-18-14(10-19(2)9-11-5-3-6-11)12-7-4-8-13(16)15(12)17/h4,7-8,11,14,18H,3,5-6,9-10H2,1-2H3. The van der Waals surface area contributed by atoms with E-state index in [2.05, 4.69) is 10.2 Å². The lowest BCUT2D eigenvalue weighted by atomic mass is 9.85. The zero-order valence-corrected chi connectivity index (χ0v) is 11.6. The molecule has 0 aromatic heterocycles. The van der Waals surface area contributed by atoms with Gasteiger partial charge in [0.2, 0.25) is 0 Å². The minimum absolute atomic E-state index is 0.180. The molecule has 1 aliphatic rings. The second-order valence-electron chi connectivity index (χ2n) is 5.50. The van der Waals surface area contributed by atoms with Crippen LogP contribution in [0.4, 0.5) is 8.78 Å². The van der Waals surface area contributed by atoms with Gasteiger partial charge < -0.3 is 10.2 Å². The maximum atomic E-state index is 13.8. The molecule has 0 radical (unpaired) electrons. The van der Waals surface area contributed by atoms with Crippen LogP contribution in [0.1, 0.15) is 30.9 Å². The van der Waals surface area contributed by atoms with E-state index < -0.39 is 11.6 Å². The molecule has 1 aliphatic carbocycles. The second kappa shape index (κ2) is 6.44. The summed E-state index contributed by atoms with van der Waals surface area (Å²) in [7, 11) is 3.83. The molecular formula is C15H22F2N2. The van der Waals surface area contributed by atoms with E-state index >= 15 is 0 Å². The molecule has 2 nitrogen and oxygen atoms in total. The molecule has 2 rings (SSSR count). The van der Waals surface area contributed by atoms with Gasteiger partial charge in [-0.3, -0.25) is 0 Å². The topological polar surface area (TPSA) is 15.3 Å². The summed E-state index contributed by atoms with van der Waals surface area (Å²) >= 11 is 0. The number of nitrogens with one attached hydrogen (secondary N) is 1. The third-order valence-electron chi connectivity index (χ3n) is 3.99. The largest absolute Gasteiger partial charge is 0.312 e. The highest BCUT2D eigenvalue weighted by atomic mass is 19.2. The fourth-order valence-electron chi connectivity index (χ4n) is 2.64. The first kappa shape index (κ1) is 14.4. The molecule has 0 bridgehead atoms. The molecule has 106 valence electrons. The molecule has 1 saturated carbocycles. The molecule has 1 aromatic carbocycles. The lowest BCUT2D eigenvalue weighted by Crippen LogP contribution is -2.36. The van der Waals surface area contributed by atoms with Crippen LogP contribution in [0.25, 0.3) is 0 Å². The van der Waals surface area contributed by atoms with Crippen LogP contribution in [0.2, 0.25) is 0 Å². The van der Waals surface area contributed by atoms with Crippen molar-refractivity contribution in [2.45, 2.75) is 25.3 Å². The van der Waals surface area contributed by atoms with Gasteiger partial charge >= 0.3 is 0 Å². The third kappa shape index (κ3) is 3.51. The number of hydrogen-bond acceptors (Lipinski definition) is 2. The van der Waals surface area contributed by atoms with E-state index in [9.17, 15) is 8.78 Å². The van der Waals surface area contributed by atoms with Crippen molar-refractivity contribution in [3.8, 4) is 0 Å². The Labute approximate surface area is 113 Å². The Balaban J connectivity index is 2.00. The maximum Gasteiger partial charge on any atom is 0.163 e. The summed E-state index contributed by atoms with van der Waals surface area (Å²) in [6.07, 6.45) is 3.91. The van der Waals surface area contributed by atoms with Crippen molar-refractivity contribution < 1.29 is 8.78 Å². The Morgan fingerprint density at radius 2 is 2.11 bits per heavy atom. The molecule has 0 saturated heterocycles. The van der Waals surface area contributed by atoms with Crippen LogP contribution in [0.3, 0.4) is 0 Å². The van der Waals surface area contributed by atoms with Crippen LogP contribution < -0.4 is 5.32 Å². The lowest BCUT2D eigenvalue weighted by Gasteiger charge is -2.32. The molecule has 4 heteroatoms. The van der Waals surface area contributed by atoms with Crippen molar-refractivity contribution in [3.63, 3.8) is 0 Å². The molecule has 1 N–H and O–H groups in total. The van der Waals surface area contributed by atoms with Gasteiger partial charge in [0.1, 0.15) is 0 Å². The number of hydrogen-bond donors (Lipinski definition) is 1. The summed E-state index contributed by atoms with van der Waals surface area (Å²) in [6, 6.07) is 4.19. The van der Waals surface area contributed by atoms with E-state index in [4.69, 9.17) is 0 Å². The molecule has 1 fully saturated rings. The molecule has 0 aliphatic heterocycles. The van der Waals surface area contributed by atoms with E-state index in [0.717, 1.165) is 18.5 Å². The number of nitrogens with zero attached hydrogens (tertiary/aromatic N) is 1. The van der Waals surface area contributed by atoms with Crippen molar-refractivity contribution >= 4 is 0 Å². The minimum atomic E-state index is -0.778. The summed E-state index contributed by atoms with van der Waals surface area (Å²) in [6.45, 7) is 1.72. The SMILES string of the molecule is CNC(CN(C)CC1CCC1)c1cccc(F)c1F. The summed E-state index contributed by atoms with van der Waals surface area (Å²) < 4.78 is 27.1. The van der Waals surface area contributed by atoms with E-state index in [-0.39, 0.29) is 6.04 Å². The van der Waals surface area contributed by atoms with Gasteiger partial charge in [0.15, 0.2) is 11.6 Å². The molecule has 0 amide bonds. The molecule has 1 atom stereocenters. The average molecular weight is 268 g/mol. The maximum absolute atomic E-state index is 13.8. The zero-order valence-electron chi connectivity index (χ0n) is 11.6. The Morgan fingerprint density at radius 3 is 2.68 bits per heavy atom. The monoisotopic (exact) mass is 268 g/mol. The summed E-state index contributed by atoms with van der Waals surface area (Å²) in [4.78, 5) is 2.20. The summed E-state index contributed by atoms with van der Waals surface area (Å²) in [5.41, 5.74) is 0.406. The molecule has 19 heavy (non-hydrogen) atoms. The number of likely N-dealkylation sites (N-methyl/N-ethyl adjacent to an activating group) is 2. The third-order valence-corrected chi connectivity index (χ3v) is 3.99. The van der Waals surface area contributed by atoms with Crippen molar-refractivity contribution in [2.24, 2.45) is 5.92 Å². The van der Waals surface area contributed by atoms with Gasteiger partial charge in [-0.05, 0) is 38.9 Å². The first-order valence-corrected chi connectivity index (χ1v) is 6.91. The van der Waals surface area contributed by atoms with E-state index in [1.165, 1.54) is 19.3 Å². The molecule has 1 unspecified atom stereocenters. The van der Waals surface area contributed by atoms with Crippen molar-refractivity contribution in [1.29, 1.82) is 0 Å². The van der Waals surface area contributed by atoms with Crippen LogP contribution >= 0.6 is 0 Å². The Bertz CT molecular complexity index is 419. The minimum Gasteiger partial charge on any atom is -0.312 e. The fourth-order valence-corrected chi connectivity index (χ4v) is 2.64. The van der Waals surface area contributed by atoms with Crippen LogP contribution in [0, 0.1) is 17.6 Å². The van der Waals surface area contributed by atoms with Crippen molar-refractivity contribution in [3.05, 3.63) is 35.4 Å². The highest BCUT2D eigenvalue weighted by molar-refractivity contribution is 5.22. The van der Waals surface area contributed by atoms with Gasteiger partial charge in [-0.1, -0.05) is 18.6 Å². The number of halogens is 2. The highest BCUT2D eigenvalue weighted by Gasteiger charge is 2.22. The first-order chi connectivity index (χ1) is 9.11. The predicted molar refractivity (Wildman–Crippen MR) is 73.0 cm³/mol. The van der Waals surface area contributed by atoms with Crippen LogP contribution in [-0.2, 0) is 0 Å². The lowest BCUT2D eigenvalue weighted by molar-refractivity contribution is 0.192. The normalized spacial score (nSPS) is 17.5. The fraction of sp³-hybridized carbons (Fsp3) is 0.600. The molecular weight excluding hydrogens is 246 g/mol. The summed E-state index contributed by atoms with van der Waals surface area (Å²) in [5.74, 6) is -0.738. The summed E-state index contributed by atoms with van der Waals surface area (Å²) in [5, 5.41) is 3.08. The number of rotatable bonds is 6. The first-order valence-electron chi connectivity index (χ1n) is 6.91. The Hall–Kier alpha value is -1.00. The van der Waals surface area contributed by atoms with Crippen molar-refractivity contribution in [2.75, 3.05) is 27.2 Å². The molecule has 1 aromatic rings. The molecule has 0 spiro atoms. The van der Waals surface area contributed by atoms with Gasteiger partial charge in [-0.25, -0.2) is 8.78 Å². The van der Waals surface area contributed by atoms with Crippen LogP contribution in [-0.4, -0.2) is 32.1 Å². The van der Waals surface area contributed by atoms with Gasteiger partial charge in [0.05, 0.1) is 0 Å². The number of benzene rings is 1. The van der Waals surface area contributed by atoms with Crippen LogP contribution in [0.15, 0.2) is 18.2 Å². The second-order valence-corrected chi connectivity index (χ2v) is 5.50. The van der Waals surface area contributed by atoms with Gasteiger partial charge in [0, 0.05) is 24.7 Å². The average Bonchev–Trinajstić information content (AvgIpc) is 2.35. The van der Waals surface area contributed by atoms with Crippen molar-refractivity contribution in [1.82, 2.24) is 10.2 Å². The zero-order chi connectivity index (χ0) is 13.8. The Morgan fingerprint density at radius 1 is 1.37 bits per heavy atom. The van der Waals surface area contributed by atoms with Crippen LogP contribution in [0.5, 0.6) is 0 Å². The van der Waals surface area contributed by atoms with E-state index in [1.807, 2.05) is 7.05 Å². The quantitative estimate of drug-likeness (QED) is 0.853. The van der Waals surface area contributed by atoms with E-state index in [1.54, 1.807) is 19.2 Å².